The van der Waals surface area contributed by atoms with Crippen LogP contribution in [0.15, 0.2) is 23.2 Å². The fourth-order valence-electron chi connectivity index (χ4n) is 2.74. The van der Waals surface area contributed by atoms with Gasteiger partial charge in [0.05, 0.1) is 16.8 Å². The molecule has 0 aliphatic heterocycles. The zero-order chi connectivity index (χ0) is 17.8. The van der Waals surface area contributed by atoms with Gasteiger partial charge < -0.3 is 9.30 Å². The molecule has 0 radical (unpaired) electrons. The minimum Gasteiger partial charge on any atom is -0.465 e. The van der Waals surface area contributed by atoms with Gasteiger partial charge in [-0.05, 0) is 50.3 Å². The Balaban J connectivity index is 2.01. The van der Waals surface area contributed by atoms with E-state index in [1.807, 2.05) is 10.6 Å². The molecule has 1 aliphatic rings. The molecule has 0 bridgehead atoms. The number of hydrogen-bond donors (Lipinski definition) is 0. The third-order valence-electron chi connectivity index (χ3n) is 4.29. The van der Waals surface area contributed by atoms with Crippen LogP contribution in [0.3, 0.4) is 0 Å². The van der Waals surface area contributed by atoms with E-state index in [2.05, 4.69) is 24.0 Å². The number of nitrogens with zero attached hydrogens (tertiary/aromatic N) is 2. The number of benzene rings is 1. The molecule has 1 saturated carbocycles. The van der Waals surface area contributed by atoms with Gasteiger partial charge in [0.1, 0.15) is 6.54 Å². The topological polar surface area (TPSA) is 60.7 Å². The normalized spacial score (nSPS) is 14.9. The number of aryl methyl sites for hydroxylation is 1. The summed E-state index contributed by atoms with van der Waals surface area (Å²) in [5.74, 6) is -0.311. The molecular formula is C19H24N2O3S. The molecule has 3 rings (SSSR count). The van der Waals surface area contributed by atoms with Crippen LogP contribution in [0.1, 0.15) is 45.1 Å². The molecule has 1 amide bonds. The summed E-state index contributed by atoms with van der Waals surface area (Å²) in [4.78, 5) is 29.0. The molecule has 25 heavy (non-hydrogen) atoms. The van der Waals surface area contributed by atoms with Crippen molar-refractivity contribution in [1.82, 2.24) is 4.57 Å². The van der Waals surface area contributed by atoms with Crippen LogP contribution in [0.25, 0.3) is 10.2 Å². The number of fused-ring (bicyclic) bond motifs is 1. The standard InChI is InChI=1S/C19H24N2O3S/c1-3-5-6-13-7-10-15-16(11-13)25-19(20-18(23)14-8-9-14)21(15)12-17(22)24-4-2/h7,10-11,14H,3-6,8-9,12H2,1-2H3. The molecule has 0 spiro atoms. The van der Waals surface area contributed by atoms with Crippen molar-refractivity contribution in [2.75, 3.05) is 6.61 Å². The van der Waals surface area contributed by atoms with Crippen LogP contribution in [0, 0.1) is 5.92 Å². The maximum absolute atomic E-state index is 12.1. The fourth-order valence-corrected chi connectivity index (χ4v) is 3.84. The Kier molecular flexibility index (Phi) is 5.68. The number of thiazole rings is 1. The number of hydrogen-bond acceptors (Lipinski definition) is 4. The van der Waals surface area contributed by atoms with E-state index in [1.54, 1.807) is 6.92 Å². The summed E-state index contributed by atoms with van der Waals surface area (Å²) >= 11 is 1.47. The highest BCUT2D eigenvalue weighted by molar-refractivity contribution is 7.16. The van der Waals surface area contributed by atoms with Crippen LogP contribution in [0.5, 0.6) is 0 Å². The highest BCUT2D eigenvalue weighted by Gasteiger charge is 2.29. The lowest BCUT2D eigenvalue weighted by Gasteiger charge is -2.06. The molecule has 134 valence electrons. The fraction of sp³-hybridized carbons (Fsp3) is 0.526. The second-order valence-electron chi connectivity index (χ2n) is 6.41. The summed E-state index contributed by atoms with van der Waals surface area (Å²) in [7, 11) is 0. The summed E-state index contributed by atoms with van der Waals surface area (Å²) < 4.78 is 7.94. The van der Waals surface area contributed by atoms with Crippen LogP contribution >= 0.6 is 11.3 Å². The smallest absolute Gasteiger partial charge is 0.326 e. The van der Waals surface area contributed by atoms with Gasteiger partial charge in [-0.1, -0.05) is 30.7 Å². The summed E-state index contributed by atoms with van der Waals surface area (Å²) in [6.45, 7) is 4.39. The van der Waals surface area contributed by atoms with Crippen LogP contribution in [0.2, 0.25) is 0 Å². The van der Waals surface area contributed by atoms with Crippen LogP contribution < -0.4 is 4.80 Å². The van der Waals surface area contributed by atoms with Crippen molar-refractivity contribution in [2.24, 2.45) is 10.9 Å². The number of amides is 1. The van der Waals surface area contributed by atoms with Crippen molar-refractivity contribution in [3.8, 4) is 0 Å². The molecule has 1 aromatic heterocycles. The van der Waals surface area contributed by atoms with E-state index in [9.17, 15) is 9.59 Å². The third-order valence-corrected chi connectivity index (χ3v) is 5.33. The minimum atomic E-state index is -0.308. The number of carbonyl (C=O) groups excluding carboxylic acids is 2. The van der Waals surface area contributed by atoms with Crippen LogP contribution in [-0.4, -0.2) is 23.1 Å². The van der Waals surface area contributed by atoms with Crippen LogP contribution in [-0.2, 0) is 27.3 Å². The van der Waals surface area contributed by atoms with Crippen molar-refractivity contribution in [1.29, 1.82) is 0 Å². The predicted molar refractivity (Wildman–Crippen MR) is 98.4 cm³/mol. The average Bonchev–Trinajstić information content (AvgIpc) is 3.39. The first-order valence-corrected chi connectivity index (χ1v) is 9.80. The number of carbonyl (C=O) groups is 2. The molecule has 1 fully saturated rings. The van der Waals surface area contributed by atoms with Crippen molar-refractivity contribution in [2.45, 2.75) is 52.5 Å². The molecule has 0 N–H and O–H groups in total. The number of esters is 1. The quantitative estimate of drug-likeness (QED) is 0.711. The highest BCUT2D eigenvalue weighted by Crippen LogP contribution is 2.30. The van der Waals surface area contributed by atoms with E-state index in [-0.39, 0.29) is 24.3 Å². The molecule has 0 atom stereocenters. The molecular weight excluding hydrogens is 336 g/mol. The van der Waals surface area contributed by atoms with E-state index >= 15 is 0 Å². The molecule has 0 saturated heterocycles. The lowest BCUT2D eigenvalue weighted by molar-refractivity contribution is -0.143. The summed E-state index contributed by atoms with van der Waals surface area (Å²) in [6, 6.07) is 6.27. The molecule has 1 heterocycles. The third kappa shape index (κ3) is 4.37. The van der Waals surface area contributed by atoms with Gasteiger partial charge in [0.25, 0.3) is 5.91 Å². The van der Waals surface area contributed by atoms with E-state index in [0.29, 0.717) is 11.4 Å². The first kappa shape index (κ1) is 17.9. The van der Waals surface area contributed by atoms with Crippen molar-refractivity contribution in [3.63, 3.8) is 0 Å². The molecule has 1 aliphatic carbocycles. The summed E-state index contributed by atoms with van der Waals surface area (Å²) in [5, 5.41) is 0. The van der Waals surface area contributed by atoms with Gasteiger partial charge in [-0.15, -0.1) is 0 Å². The minimum absolute atomic E-state index is 0.0707. The monoisotopic (exact) mass is 360 g/mol. The van der Waals surface area contributed by atoms with Crippen molar-refractivity contribution in [3.05, 3.63) is 28.6 Å². The second kappa shape index (κ2) is 7.95. The first-order chi connectivity index (χ1) is 12.1. The SMILES string of the molecule is CCCCc1ccc2c(c1)sc(=NC(=O)C1CC1)n2CC(=O)OCC. The van der Waals surface area contributed by atoms with Gasteiger partial charge in [0.15, 0.2) is 4.80 Å². The lowest BCUT2D eigenvalue weighted by Crippen LogP contribution is -2.23. The molecule has 6 heteroatoms. The van der Waals surface area contributed by atoms with Gasteiger partial charge >= 0.3 is 5.97 Å². The van der Waals surface area contributed by atoms with Gasteiger partial charge in [-0.25, -0.2) is 0 Å². The average molecular weight is 360 g/mol. The molecule has 2 aromatic rings. The van der Waals surface area contributed by atoms with E-state index < -0.39 is 0 Å². The largest absolute Gasteiger partial charge is 0.465 e. The second-order valence-corrected chi connectivity index (χ2v) is 7.41. The van der Waals surface area contributed by atoms with Gasteiger partial charge in [0, 0.05) is 5.92 Å². The summed E-state index contributed by atoms with van der Waals surface area (Å²) in [6.07, 6.45) is 5.19. The summed E-state index contributed by atoms with van der Waals surface area (Å²) in [5.41, 5.74) is 2.21. The van der Waals surface area contributed by atoms with Gasteiger partial charge in [-0.3, -0.25) is 9.59 Å². The van der Waals surface area contributed by atoms with Crippen LogP contribution in [0.4, 0.5) is 0 Å². The first-order valence-electron chi connectivity index (χ1n) is 8.98. The zero-order valence-electron chi connectivity index (χ0n) is 14.8. The maximum atomic E-state index is 12.1. The van der Waals surface area contributed by atoms with Gasteiger partial charge in [0.2, 0.25) is 0 Å². The number of rotatable bonds is 7. The van der Waals surface area contributed by atoms with Crippen molar-refractivity contribution < 1.29 is 14.3 Å². The van der Waals surface area contributed by atoms with E-state index in [1.165, 1.54) is 16.9 Å². The van der Waals surface area contributed by atoms with E-state index in [4.69, 9.17) is 4.74 Å². The zero-order valence-corrected chi connectivity index (χ0v) is 15.6. The Morgan fingerprint density at radius 2 is 2.12 bits per heavy atom. The Labute approximate surface area is 151 Å². The Bertz CT molecular complexity index is 846. The Morgan fingerprint density at radius 1 is 1.32 bits per heavy atom. The number of unbranched alkanes of at least 4 members (excludes halogenated alkanes) is 1. The number of ether oxygens (including phenoxy) is 1. The maximum Gasteiger partial charge on any atom is 0.326 e. The Hall–Kier alpha value is -1.95. The van der Waals surface area contributed by atoms with Gasteiger partial charge in [-0.2, -0.15) is 4.99 Å². The van der Waals surface area contributed by atoms with Crippen molar-refractivity contribution >= 4 is 33.4 Å². The highest BCUT2D eigenvalue weighted by atomic mass is 32.1. The predicted octanol–water partition coefficient (Wildman–Crippen LogP) is 3.45. The molecule has 1 aromatic carbocycles. The molecule has 0 unspecified atom stereocenters. The van der Waals surface area contributed by atoms with E-state index in [0.717, 1.165) is 42.3 Å². The number of aromatic nitrogens is 1. The molecule has 5 nitrogen and oxygen atoms in total. The lowest BCUT2D eigenvalue weighted by atomic mass is 10.1. The Morgan fingerprint density at radius 3 is 2.80 bits per heavy atom.